The van der Waals surface area contributed by atoms with E-state index in [1.165, 1.54) is 0 Å². The van der Waals surface area contributed by atoms with Crippen molar-refractivity contribution < 1.29 is 5.11 Å². The molecule has 1 heterocycles. The Balaban J connectivity index is 2.03. The van der Waals surface area contributed by atoms with Gasteiger partial charge in [0.15, 0.2) is 0 Å². The second-order valence-corrected chi connectivity index (χ2v) is 7.02. The monoisotopic (exact) mass is 239 g/mol. The number of aryl methyl sites for hydroxylation is 1. The normalized spacial score (nSPS) is 24.4. The van der Waals surface area contributed by atoms with Crippen LogP contribution in [0.15, 0.2) is 5.38 Å². The van der Waals surface area contributed by atoms with Gasteiger partial charge in [-0.25, -0.2) is 4.98 Å². The first-order valence-corrected chi connectivity index (χ1v) is 6.74. The van der Waals surface area contributed by atoms with Gasteiger partial charge in [-0.3, -0.25) is 0 Å². The second kappa shape index (κ2) is 3.54. The molecule has 0 spiro atoms. The molecule has 0 bridgehead atoms. The summed E-state index contributed by atoms with van der Waals surface area (Å²) in [5, 5.41) is 13.4. The summed E-state index contributed by atoms with van der Waals surface area (Å²) in [5.41, 5.74) is 1.55. The van der Waals surface area contributed by atoms with Crippen LogP contribution in [0, 0.1) is 23.7 Å². The summed E-state index contributed by atoms with van der Waals surface area (Å²) in [6.45, 7) is 11.0. The lowest BCUT2D eigenvalue weighted by Gasteiger charge is -2.10. The summed E-state index contributed by atoms with van der Waals surface area (Å²) in [4.78, 5) is 4.41. The van der Waals surface area contributed by atoms with Crippen molar-refractivity contribution in [1.29, 1.82) is 0 Å². The predicted molar refractivity (Wildman–Crippen MR) is 67.6 cm³/mol. The zero-order chi connectivity index (χ0) is 12.1. The molecule has 1 N–H and O–H groups in total. The highest BCUT2D eigenvalue weighted by Crippen LogP contribution is 2.69. The van der Waals surface area contributed by atoms with Crippen molar-refractivity contribution in [2.75, 3.05) is 0 Å². The molecule has 2 rings (SSSR count). The molecule has 0 aliphatic heterocycles. The lowest BCUT2D eigenvalue weighted by atomic mass is 10.0. The van der Waals surface area contributed by atoms with Crippen molar-refractivity contribution in [2.24, 2.45) is 16.7 Å². The van der Waals surface area contributed by atoms with Gasteiger partial charge in [0.2, 0.25) is 0 Å². The van der Waals surface area contributed by atoms with Gasteiger partial charge in [0.1, 0.15) is 0 Å². The highest BCUT2D eigenvalue weighted by atomic mass is 32.1. The quantitative estimate of drug-likeness (QED) is 0.879. The van der Waals surface area contributed by atoms with Crippen LogP contribution in [-0.4, -0.2) is 16.2 Å². The van der Waals surface area contributed by atoms with Gasteiger partial charge in [-0.15, -0.1) is 11.3 Å². The zero-order valence-electron chi connectivity index (χ0n) is 10.7. The average molecular weight is 239 g/mol. The summed E-state index contributed by atoms with van der Waals surface area (Å²) in [6.07, 6.45) is 0.450. The largest absolute Gasteiger partial charge is 0.392 e. The Bertz CT molecular complexity index is 380. The third kappa shape index (κ3) is 1.70. The second-order valence-electron chi connectivity index (χ2n) is 6.08. The van der Waals surface area contributed by atoms with Crippen molar-refractivity contribution in [3.63, 3.8) is 0 Å². The Labute approximate surface area is 102 Å². The highest BCUT2D eigenvalue weighted by molar-refractivity contribution is 7.09. The van der Waals surface area contributed by atoms with Crippen molar-refractivity contribution in [2.45, 2.75) is 47.1 Å². The molecular weight excluding hydrogens is 218 g/mol. The van der Waals surface area contributed by atoms with E-state index in [1.807, 2.05) is 12.3 Å². The van der Waals surface area contributed by atoms with Gasteiger partial charge in [0.25, 0.3) is 0 Å². The number of nitrogens with zero attached hydrogens (tertiary/aromatic N) is 1. The first-order chi connectivity index (χ1) is 7.26. The van der Waals surface area contributed by atoms with Crippen LogP contribution in [0.1, 0.15) is 38.4 Å². The van der Waals surface area contributed by atoms with Gasteiger partial charge < -0.3 is 5.11 Å². The molecular formula is C13H21NOS. The molecule has 0 saturated heterocycles. The van der Waals surface area contributed by atoms with Crippen LogP contribution in [0.25, 0.3) is 0 Å². The minimum atomic E-state index is -0.254. The lowest BCUT2D eigenvalue weighted by Crippen LogP contribution is -2.17. The van der Waals surface area contributed by atoms with E-state index >= 15 is 0 Å². The molecule has 16 heavy (non-hydrogen) atoms. The molecule has 1 aliphatic rings. The SMILES string of the molecule is Cc1csc(CC(O)C2C(C)(C)C2(C)C)n1. The lowest BCUT2D eigenvalue weighted by molar-refractivity contribution is 0.129. The number of hydrogen-bond donors (Lipinski definition) is 1. The van der Waals surface area contributed by atoms with Crippen molar-refractivity contribution >= 4 is 11.3 Å². The standard InChI is InChI=1S/C13H21NOS/c1-8-7-16-10(14-8)6-9(15)11-12(2,3)13(11,4)5/h7,9,11,15H,6H2,1-5H3. The van der Waals surface area contributed by atoms with Crippen LogP contribution in [0.2, 0.25) is 0 Å². The molecule has 90 valence electrons. The summed E-state index contributed by atoms with van der Waals surface area (Å²) in [7, 11) is 0. The fraction of sp³-hybridized carbons (Fsp3) is 0.769. The molecule has 0 radical (unpaired) electrons. The van der Waals surface area contributed by atoms with E-state index in [2.05, 4.69) is 32.7 Å². The van der Waals surface area contributed by atoms with E-state index in [1.54, 1.807) is 11.3 Å². The molecule has 1 atom stereocenters. The smallest absolute Gasteiger partial charge is 0.0954 e. The molecule has 0 aromatic carbocycles. The predicted octanol–water partition coefficient (Wildman–Crippen LogP) is 3.04. The van der Waals surface area contributed by atoms with E-state index in [4.69, 9.17) is 0 Å². The fourth-order valence-corrected chi connectivity index (χ4v) is 3.83. The van der Waals surface area contributed by atoms with Gasteiger partial charge in [0, 0.05) is 17.5 Å². The van der Waals surface area contributed by atoms with Gasteiger partial charge in [-0.1, -0.05) is 27.7 Å². The number of thiazole rings is 1. The van der Waals surface area contributed by atoms with Crippen LogP contribution in [0.5, 0.6) is 0 Å². The van der Waals surface area contributed by atoms with E-state index in [0.29, 0.717) is 12.3 Å². The van der Waals surface area contributed by atoms with E-state index in [0.717, 1.165) is 10.7 Å². The summed E-state index contributed by atoms with van der Waals surface area (Å²) in [5.74, 6) is 0.393. The summed E-state index contributed by atoms with van der Waals surface area (Å²) in [6, 6.07) is 0. The van der Waals surface area contributed by atoms with Crippen LogP contribution >= 0.6 is 11.3 Å². The number of aliphatic hydroxyl groups excluding tert-OH is 1. The summed E-state index contributed by atoms with van der Waals surface area (Å²) >= 11 is 1.65. The van der Waals surface area contributed by atoms with Gasteiger partial charge >= 0.3 is 0 Å². The third-order valence-corrected chi connectivity index (χ3v) is 5.56. The molecule has 3 heteroatoms. The molecule has 1 aromatic heterocycles. The Hall–Kier alpha value is -0.410. The van der Waals surface area contributed by atoms with Gasteiger partial charge in [-0.2, -0.15) is 0 Å². The van der Waals surface area contributed by atoms with Crippen LogP contribution in [0.4, 0.5) is 0 Å². The first-order valence-electron chi connectivity index (χ1n) is 5.86. The number of rotatable bonds is 3. The zero-order valence-corrected chi connectivity index (χ0v) is 11.6. The Kier molecular flexibility index (Phi) is 2.67. The maximum absolute atomic E-state index is 10.3. The van der Waals surface area contributed by atoms with Crippen molar-refractivity contribution in [3.05, 3.63) is 16.1 Å². The van der Waals surface area contributed by atoms with E-state index < -0.39 is 0 Å². The van der Waals surface area contributed by atoms with Crippen LogP contribution in [-0.2, 0) is 6.42 Å². The fourth-order valence-electron chi connectivity index (χ4n) is 3.00. The van der Waals surface area contributed by atoms with Crippen LogP contribution in [0.3, 0.4) is 0 Å². The third-order valence-electron chi connectivity index (χ3n) is 4.57. The number of aliphatic hydroxyl groups is 1. The van der Waals surface area contributed by atoms with Gasteiger partial charge in [-0.05, 0) is 23.7 Å². The Morgan fingerprint density at radius 1 is 1.38 bits per heavy atom. The number of hydrogen-bond acceptors (Lipinski definition) is 3. The number of aromatic nitrogens is 1. The Morgan fingerprint density at radius 3 is 2.31 bits per heavy atom. The van der Waals surface area contributed by atoms with Crippen molar-refractivity contribution in [1.82, 2.24) is 4.98 Å². The molecule has 1 saturated carbocycles. The minimum Gasteiger partial charge on any atom is -0.392 e. The molecule has 1 aliphatic carbocycles. The molecule has 0 amide bonds. The maximum atomic E-state index is 10.3. The maximum Gasteiger partial charge on any atom is 0.0954 e. The summed E-state index contributed by atoms with van der Waals surface area (Å²) < 4.78 is 0. The van der Waals surface area contributed by atoms with Gasteiger partial charge in [0.05, 0.1) is 11.1 Å². The van der Waals surface area contributed by atoms with E-state index in [9.17, 15) is 5.11 Å². The van der Waals surface area contributed by atoms with E-state index in [-0.39, 0.29) is 16.9 Å². The minimum absolute atomic E-state index is 0.249. The highest BCUT2D eigenvalue weighted by Gasteiger charge is 2.66. The topological polar surface area (TPSA) is 33.1 Å². The first kappa shape index (κ1) is 12.1. The average Bonchev–Trinajstić information content (AvgIpc) is 2.44. The molecule has 1 unspecified atom stereocenters. The Morgan fingerprint density at radius 2 is 1.94 bits per heavy atom. The van der Waals surface area contributed by atoms with Crippen molar-refractivity contribution in [3.8, 4) is 0 Å². The molecule has 1 fully saturated rings. The molecule has 1 aromatic rings. The van der Waals surface area contributed by atoms with Crippen LogP contribution < -0.4 is 0 Å². The molecule has 2 nitrogen and oxygen atoms in total.